The number of rotatable bonds is 4. The van der Waals surface area contributed by atoms with Crippen molar-refractivity contribution in [3.63, 3.8) is 0 Å². The summed E-state index contributed by atoms with van der Waals surface area (Å²) in [6, 6.07) is 9.72. The summed E-state index contributed by atoms with van der Waals surface area (Å²) >= 11 is 5.97. The lowest BCUT2D eigenvalue weighted by molar-refractivity contribution is 0.509. The first kappa shape index (κ1) is 14.0. The average molecular weight is 282 g/mol. The maximum absolute atomic E-state index is 13.3. The molecule has 0 aliphatic carbocycles. The van der Waals surface area contributed by atoms with Crippen molar-refractivity contribution in [3.05, 3.63) is 58.6 Å². The Hall–Kier alpha value is -1.45. The predicted octanol–water partition coefficient (Wildman–Crippen LogP) is 4.39. The van der Waals surface area contributed by atoms with Crippen LogP contribution in [0.15, 0.2) is 36.4 Å². The number of hydrogen-bond donors (Lipinski definition) is 1. The quantitative estimate of drug-likeness (QED) is 0.820. The van der Waals surface area contributed by atoms with Gasteiger partial charge in [-0.25, -0.2) is 8.78 Å². The minimum Gasteiger partial charge on any atom is -0.313 e. The van der Waals surface area contributed by atoms with Gasteiger partial charge in [-0.2, -0.15) is 0 Å². The molecule has 0 radical (unpaired) electrons. The topological polar surface area (TPSA) is 12.0 Å². The molecule has 4 heteroatoms. The molecule has 0 saturated carbocycles. The van der Waals surface area contributed by atoms with Crippen molar-refractivity contribution >= 4 is 11.6 Å². The van der Waals surface area contributed by atoms with Crippen LogP contribution in [0.2, 0.25) is 5.02 Å². The third kappa shape index (κ3) is 3.31. The van der Waals surface area contributed by atoms with E-state index in [2.05, 4.69) is 5.32 Å². The summed E-state index contributed by atoms with van der Waals surface area (Å²) in [5.74, 6) is -1.82. The van der Waals surface area contributed by atoms with Crippen molar-refractivity contribution < 1.29 is 8.78 Å². The molecule has 0 atom stereocenters. The lowest BCUT2D eigenvalue weighted by Crippen LogP contribution is -2.11. The minimum absolute atomic E-state index is 0.208. The highest BCUT2D eigenvalue weighted by atomic mass is 35.5. The molecule has 1 nitrogen and oxygen atoms in total. The normalized spacial score (nSPS) is 10.7. The van der Waals surface area contributed by atoms with Crippen LogP contribution in [0.4, 0.5) is 8.78 Å². The third-order valence-electron chi connectivity index (χ3n) is 2.83. The van der Waals surface area contributed by atoms with Gasteiger partial charge in [0.2, 0.25) is 0 Å². The molecule has 2 aromatic carbocycles. The molecule has 100 valence electrons. The van der Waals surface area contributed by atoms with Crippen molar-refractivity contribution in [2.75, 3.05) is 6.54 Å². The number of halogens is 3. The largest absolute Gasteiger partial charge is 0.313 e. The van der Waals surface area contributed by atoms with Gasteiger partial charge in [0.05, 0.1) is 5.02 Å². The van der Waals surface area contributed by atoms with Crippen molar-refractivity contribution in [2.45, 2.75) is 13.5 Å². The molecule has 2 aromatic rings. The fourth-order valence-corrected chi connectivity index (χ4v) is 2.12. The Morgan fingerprint density at radius 1 is 1.11 bits per heavy atom. The fraction of sp³-hybridized carbons (Fsp3) is 0.200. The van der Waals surface area contributed by atoms with Gasteiger partial charge >= 0.3 is 0 Å². The second kappa shape index (κ2) is 6.13. The molecule has 2 rings (SSSR count). The van der Waals surface area contributed by atoms with E-state index >= 15 is 0 Å². The SMILES string of the molecule is CCNCc1cccc(-c2cc(F)c(F)cc2Cl)c1. The van der Waals surface area contributed by atoms with Gasteiger partial charge in [0.25, 0.3) is 0 Å². The third-order valence-corrected chi connectivity index (χ3v) is 3.14. The smallest absolute Gasteiger partial charge is 0.160 e. The summed E-state index contributed by atoms with van der Waals surface area (Å²) in [5.41, 5.74) is 2.35. The summed E-state index contributed by atoms with van der Waals surface area (Å²) in [6.45, 7) is 3.62. The van der Waals surface area contributed by atoms with Crippen molar-refractivity contribution in [2.24, 2.45) is 0 Å². The Bertz CT molecular complexity index is 584. The van der Waals surface area contributed by atoms with Crippen molar-refractivity contribution in [1.29, 1.82) is 0 Å². The molecule has 0 aromatic heterocycles. The molecule has 1 N–H and O–H groups in total. The molecule has 0 spiro atoms. The number of nitrogens with one attached hydrogen (secondary N) is 1. The molecular weight excluding hydrogens is 268 g/mol. The van der Waals surface area contributed by atoms with Gasteiger partial charge in [0.15, 0.2) is 11.6 Å². The number of hydrogen-bond acceptors (Lipinski definition) is 1. The van der Waals surface area contributed by atoms with Gasteiger partial charge in [-0.3, -0.25) is 0 Å². The first-order chi connectivity index (χ1) is 9.11. The van der Waals surface area contributed by atoms with E-state index in [0.717, 1.165) is 36.3 Å². The van der Waals surface area contributed by atoms with Crippen LogP contribution in [0.5, 0.6) is 0 Å². The first-order valence-electron chi connectivity index (χ1n) is 6.06. The van der Waals surface area contributed by atoms with Crippen LogP contribution in [0.3, 0.4) is 0 Å². The Balaban J connectivity index is 2.38. The predicted molar refractivity (Wildman–Crippen MR) is 74.2 cm³/mol. The Morgan fingerprint density at radius 2 is 1.84 bits per heavy atom. The fourth-order valence-electron chi connectivity index (χ4n) is 1.86. The second-order valence-electron chi connectivity index (χ2n) is 4.23. The van der Waals surface area contributed by atoms with E-state index in [1.165, 1.54) is 0 Å². The van der Waals surface area contributed by atoms with E-state index < -0.39 is 11.6 Å². The van der Waals surface area contributed by atoms with E-state index in [1.54, 1.807) is 0 Å². The van der Waals surface area contributed by atoms with Gasteiger partial charge in [-0.05, 0) is 35.9 Å². The molecule has 0 aliphatic heterocycles. The average Bonchev–Trinajstić information content (AvgIpc) is 2.41. The maximum Gasteiger partial charge on any atom is 0.160 e. The zero-order chi connectivity index (χ0) is 13.8. The summed E-state index contributed by atoms with van der Waals surface area (Å²) < 4.78 is 26.4. The van der Waals surface area contributed by atoms with Crippen molar-refractivity contribution in [1.82, 2.24) is 5.32 Å². The van der Waals surface area contributed by atoms with Crippen LogP contribution in [0.1, 0.15) is 12.5 Å². The summed E-state index contributed by atoms with van der Waals surface area (Å²) in [7, 11) is 0. The zero-order valence-corrected chi connectivity index (χ0v) is 11.3. The minimum atomic E-state index is -0.933. The molecule has 0 aliphatic rings. The van der Waals surface area contributed by atoms with Gasteiger partial charge in [-0.15, -0.1) is 0 Å². The van der Waals surface area contributed by atoms with Crippen LogP contribution >= 0.6 is 11.6 Å². The molecule has 0 saturated heterocycles. The van der Waals surface area contributed by atoms with E-state index in [1.807, 2.05) is 31.2 Å². The zero-order valence-electron chi connectivity index (χ0n) is 10.5. The van der Waals surface area contributed by atoms with Gasteiger partial charge < -0.3 is 5.32 Å². The Morgan fingerprint density at radius 3 is 2.58 bits per heavy atom. The molecule has 0 amide bonds. The van der Waals surface area contributed by atoms with E-state index in [4.69, 9.17) is 11.6 Å². The highest BCUT2D eigenvalue weighted by Gasteiger charge is 2.10. The summed E-state index contributed by atoms with van der Waals surface area (Å²) in [6.07, 6.45) is 0. The molecule has 0 fully saturated rings. The second-order valence-corrected chi connectivity index (χ2v) is 4.63. The van der Waals surface area contributed by atoms with Crippen molar-refractivity contribution in [3.8, 4) is 11.1 Å². The molecule has 19 heavy (non-hydrogen) atoms. The summed E-state index contributed by atoms with van der Waals surface area (Å²) in [4.78, 5) is 0. The maximum atomic E-state index is 13.3. The van der Waals surface area contributed by atoms with Crippen LogP contribution in [-0.2, 0) is 6.54 Å². The first-order valence-corrected chi connectivity index (χ1v) is 6.44. The van der Waals surface area contributed by atoms with Crippen LogP contribution in [0, 0.1) is 11.6 Å². The van der Waals surface area contributed by atoms with Crippen LogP contribution < -0.4 is 5.32 Å². The van der Waals surface area contributed by atoms with E-state index in [0.29, 0.717) is 5.56 Å². The van der Waals surface area contributed by atoms with E-state index in [9.17, 15) is 8.78 Å². The lowest BCUT2D eigenvalue weighted by atomic mass is 10.0. The summed E-state index contributed by atoms with van der Waals surface area (Å²) in [5, 5.41) is 3.42. The Labute approximate surface area is 116 Å². The monoisotopic (exact) mass is 281 g/mol. The lowest BCUT2D eigenvalue weighted by Gasteiger charge is -2.08. The Kier molecular flexibility index (Phi) is 4.51. The highest BCUT2D eigenvalue weighted by molar-refractivity contribution is 6.33. The van der Waals surface area contributed by atoms with E-state index in [-0.39, 0.29) is 5.02 Å². The van der Waals surface area contributed by atoms with Crippen LogP contribution in [0.25, 0.3) is 11.1 Å². The van der Waals surface area contributed by atoms with Gasteiger partial charge in [-0.1, -0.05) is 36.7 Å². The van der Waals surface area contributed by atoms with Crippen LogP contribution in [-0.4, -0.2) is 6.54 Å². The van der Waals surface area contributed by atoms with Gasteiger partial charge in [0, 0.05) is 12.1 Å². The molecular formula is C15H14ClF2N. The highest BCUT2D eigenvalue weighted by Crippen LogP contribution is 2.30. The van der Waals surface area contributed by atoms with Gasteiger partial charge in [0.1, 0.15) is 0 Å². The molecule has 0 heterocycles. The number of benzene rings is 2. The molecule has 0 bridgehead atoms. The molecule has 0 unspecified atom stereocenters. The standard InChI is InChI=1S/C15H14ClF2N/c1-2-19-9-10-4-3-5-11(6-10)12-7-14(17)15(18)8-13(12)16/h3-8,19H,2,9H2,1H3.